The van der Waals surface area contributed by atoms with Crippen molar-refractivity contribution in [2.24, 2.45) is 0 Å². The number of benzene rings is 4. The monoisotopic (exact) mass is 606 g/mol. The molecule has 222 valence electrons. The minimum atomic E-state index is -0.583. The van der Waals surface area contributed by atoms with Crippen molar-refractivity contribution in [3.05, 3.63) is 181 Å². The van der Waals surface area contributed by atoms with Gasteiger partial charge in [0, 0.05) is 35.9 Å². The van der Waals surface area contributed by atoms with Gasteiger partial charge in [0.1, 0.15) is 12.5 Å². The molecule has 6 nitrogen and oxygen atoms in total. The first-order valence-electron chi connectivity index (χ1n) is 15.4. The number of nitrogens with zero attached hydrogens (tertiary/aromatic N) is 4. The van der Waals surface area contributed by atoms with Crippen LogP contribution in [-0.4, -0.2) is 19.9 Å². The first-order chi connectivity index (χ1) is 23.3. The van der Waals surface area contributed by atoms with Gasteiger partial charge in [-0.15, -0.1) is 0 Å². The summed E-state index contributed by atoms with van der Waals surface area (Å²) in [6.07, 6.45) is 13.8. The average molecular weight is 607 g/mol. The van der Waals surface area contributed by atoms with Crippen LogP contribution in [0.1, 0.15) is 22.3 Å². The smallest absolute Gasteiger partial charge is 0.227 e. The van der Waals surface area contributed by atoms with Crippen LogP contribution < -0.4 is 0 Å². The van der Waals surface area contributed by atoms with Gasteiger partial charge in [-0.1, -0.05) is 84.9 Å². The molecule has 0 N–H and O–H groups in total. The number of pyridine rings is 2. The van der Waals surface area contributed by atoms with Crippen molar-refractivity contribution in [2.45, 2.75) is 5.41 Å². The fraction of sp³-hybridized carbons (Fsp3) is 0.0244. The Hall–Kier alpha value is -6.40. The largest absolute Gasteiger partial charge is 0.444 e. The van der Waals surface area contributed by atoms with E-state index in [-0.39, 0.29) is 0 Å². The van der Waals surface area contributed by atoms with E-state index in [2.05, 4.69) is 129 Å². The van der Waals surface area contributed by atoms with Crippen molar-refractivity contribution in [1.82, 2.24) is 19.9 Å². The third-order valence-corrected chi connectivity index (χ3v) is 9.05. The molecule has 8 aromatic rings. The molecule has 9 rings (SSSR count). The third kappa shape index (κ3) is 4.34. The van der Waals surface area contributed by atoms with Crippen LogP contribution in [0.5, 0.6) is 0 Å². The van der Waals surface area contributed by atoms with Crippen molar-refractivity contribution in [2.75, 3.05) is 0 Å². The third-order valence-electron chi connectivity index (χ3n) is 9.05. The lowest BCUT2D eigenvalue weighted by molar-refractivity contribution is 0.574. The van der Waals surface area contributed by atoms with Crippen LogP contribution in [-0.2, 0) is 5.41 Å². The van der Waals surface area contributed by atoms with Gasteiger partial charge in [-0.2, -0.15) is 0 Å². The van der Waals surface area contributed by atoms with Crippen LogP contribution in [0.2, 0.25) is 0 Å². The molecule has 4 heterocycles. The van der Waals surface area contributed by atoms with Crippen molar-refractivity contribution >= 4 is 0 Å². The molecule has 0 bridgehead atoms. The Balaban J connectivity index is 1.29. The highest BCUT2D eigenvalue weighted by atomic mass is 16.3. The van der Waals surface area contributed by atoms with E-state index >= 15 is 0 Å². The van der Waals surface area contributed by atoms with E-state index in [1.54, 1.807) is 37.3 Å². The summed E-state index contributed by atoms with van der Waals surface area (Å²) in [4.78, 5) is 17.8. The average Bonchev–Trinajstić information content (AvgIpc) is 3.93. The van der Waals surface area contributed by atoms with E-state index < -0.39 is 5.41 Å². The quantitative estimate of drug-likeness (QED) is 0.188. The van der Waals surface area contributed by atoms with Gasteiger partial charge in [-0.3, -0.25) is 9.97 Å². The van der Waals surface area contributed by atoms with Crippen LogP contribution in [0.15, 0.2) is 168 Å². The van der Waals surface area contributed by atoms with E-state index in [4.69, 9.17) is 8.83 Å². The Labute approximate surface area is 271 Å². The number of oxazole rings is 2. The van der Waals surface area contributed by atoms with Gasteiger partial charge >= 0.3 is 0 Å². The summed E-state index contributed by atoms with van der Waals surface area (Å²) < 4.78 is 11.2. The standard InChI is InChI=1S/C41H26N4O2/c1-3-7-33(8-4-1)41(34-9-5-2-6-10-34)37-21-27(29-19-31(25-42-23-29)39-44-15-17-46-39)11-13-35(37)36-14-12-28(22-38(36)41)30-20-32(26-43-24-30)40-45-16-18-47-40/h1-26H. The van der Waals surface area contributed by atoms with Crippen LogP contribution in [0, 0.1) is 0 Å². The van der Waals surface area contributed by atoms with Crippen LogP contribution >= 0.6 is 0 Å². The van der Waals surface area contributed by atoms with Gasteiger partial charge < -0.3 is 8.83 Å². The Bertz CT molecular complexity index is 2180. The Kier molecular flexibility index (Phi) is 6.25. The molecule has 0 saturated carbocycles. The Morgan fingerprint density at radius 3 is 1.30 bits per heavy atom. The van der Waals surface area contributed by atoms with Gasteiger partial charge in [0.05, 0.1) is 28.9 Å². The van der Waals surface area contributed by atoms with E-state index in [9.17, 15) is 0 Å². The van der Waals surface area contributed by atoms with Crippen molar-refractivity contribution in [3.8, 4) is 56.3 Å². The first kappa shape index (κ1) is 27.0. The molecule has 0 spiro atoms. The highest BCUT2D eigenvalue weighted by Crippen LogP contribution is 2.57. The summed E-state index contributed by atoms with van der Waals surface area (Å²) in [6, 6.07) is 39.3. The van der Waals surface area contributed by atoms with Crippen molar-refractivity contribution in [1.29, 1.82) is 0 Å². The van der Waals surface area contributed by atoms with Crippen LogP contribution in [0.4, 0.5) is 0 Å². The number of rotatable bonds is 6. The molecule has 1 aliphatic rings. The maximum atomic E-state index is 5.59. The minimum absolute atomic E-state index is 0.546. The SMILES string of the molecule is c1ccc(C2(c3ccccc3)c3cc(-c4cncc(-c5ncco5)c4)ccc3-c3ccc(-c4cncc(-c5ncco5)c4)cc32)cc1. The van der Waals surface area contributed by atoms with Crippen LogP contribution in [0.3, 0.4) is 0 Å². The summed E-state index contributed by atoms with van der Waals surface area (Å²) in [6.45, 7) is 0. The summed E-state index contributed by atoms with van der Waals surface area (Å²) in [5.41, 5.74) is 12.4. The predicted octanol–water partition coefficient (Wildman–Crippen LogP) is 9.48. The molecule has 47 heavy (non-hydrogen) atoms. The second-order valence-corrected chi connectivity index (χ2v) is 11.6. The van der Waals surface area contributed by atoms with E-state index in [0.29, 0.717) is 11.8 Å². The zero-order valence-electron chi connectivity index (χ0n) is 25.1. The van der Waals surface area contributed by atoms with Crippen LogP contribution in [0.25, 0.3) is 56.3 Å². The molecule has 1 aliphatic carbocycles. The van der Waals surface area contributed by atoms with Crippen molar-refractivity contribution in [3.63, 3.8) is 0 Å². The lowest BCUT2D eigenvalue weighted by atomic mass is 9.67. The first-order valence-corrected chi connectivity index (χ1v) is 15.4. The molecule has 4 aromatic carbocycles. The van der Waals surface area contributed by atoms with E-state index in [0.717, 1.165) is 33.4 Å². The van der Waals surface area contributed by atoms with Gasteiger partial charge in [-0.05, 0) is 68.8 Å². The zero-order chi connectivity index (χ0) is 31.2. The number of aromatic nitrogens is 4. The molecule has 0 aliphatic heterocycles. The second kappa shape index (κ2) is 10.9. The van der Waals surface area contributed by atoms with Gasteiger partial charge in [-0.25, -0.2) is 9.97 Å². The molecule has 0 atom stereocenters. The normalized spacial score (nSPS) is 12.9. The molecule has 0 radical (unpaired) electrons. The van der Waals surface area contributed by atoms with Gasteiger partial charge in [0.25, 0.3) is 0 Å². The number of hydrogen-bond acceptors (Lipinski definition) is 6. The predicted molar refractivity (Wildman–Crippen MR) is 181 cm³/mol. The highest BCUT2D eigenvalue weighted by Gasteiger charge is 2.46. The van der Waals surface area contributed by atoms with Gasteiger partial charge in [0.15, 0.2) is 0 Å². The molecule has 0 fully saturated rings. The fourth-order valence-electron chi connectivity index (χ4n) is 7.01. The highest BCUT2D eigenvalue weighted by molar-refractivity contribution is 5.90. The second-order valence-electron chi connectivity index (χ2n) is 11.6. The summed E-state index contributed by atoms with van der Waals surface area (Å²) in [5.74, 6) is 1.09. The van der Waals surface area contributed by atoms with Crippen molar-refractivity contribution < 1.29 is 8.83 Å². The topological polar surface area (TPSA) is 77.8 Å². The minimum Gasteiger partial charge on any atom is -0.444 e. The molecule has 0 amide bonds. The maximum absolute atomic E-state index is 5.59. The van der Waals surface area contributed by atoms with Gasteiger partial charge in [0.2, 0.25) is 11.8 Å². The summed E-state index contributed by atoms with van der Waals surface area (Å²) >= 11 is 0. The Morgan fingerprint density at radius 1 is 0.426 bits per heavy atom. The molecular weight excluding hydrogens is 580 g/mol. The summed E-state index contributed by atoms with van der Waals surface area (Å²) in [7, 11) is 0. The zero-order valence-corrected chi connectivity index (χ0v) is 25.1. The summed E-state index contributed by atoms with van der Waals surface area (Å²) in [5, 5.41) is 0. The molecule has 0 unspecified atom stereocenters. The van der Waals surface area contributed by atoms with E-state index in [1.807, 2.05) is 12.4 Å². The molecule has 0 saturated heterocycles. The molecule has 4 aromatic heterocycles. The van der Waals surface area contributed by atoms with E-state index in [1.165, 1.54) is 33.4 Å². The lowest BCUT2D eigenvalue weighted by Gasteiger charge is -2.34. The lowest BCUT2D eigenvalue weighted by Crippen LogP contribution is -2.28. The Morgan fingerprint density at radius 2 is 0.872 bits per heavy atom. The fourth-order valence-corrected chi connectivity index (χ4v) is 7.01. The number of fused-ring (bicyclic) bond motifs is 3. The number of hydrogen-bond donors (Lipinski definition) is 0. The molecular formula is C41H26N4O2. The maximum Gasteiger partial charge on any atom is 0.227 e. The molecule has 6 heteroatoms.